The summed E-state index contributed by atoms with van der Waals surface area (Å²) >= 11 is 0. The number of hydrogen-bond donors (Lipinski definition) is 3. The molecular weight excluding hydrogens is 176 g/mol. The van der Waals surface area contributed by atoms with Crippen molar-refractivity contribution in [1.29, 1.82) is 0 Å². The van der Waals surface area contributed by atoms with E-state index >= 15 is 0 Å². The Morgan fingerprint density at radius 2 is 2.29 bits per heavy atom. The summed E-state index contributed by atoms with van der Waals surface area (Å²) in [6, 6.07) is 4.04. The highest BCUT2D eigenvalue weighted by molar-refractivity contribution is 5.02. The maximum absolute atomic E-state index is 9.11. The van der Waals surface area contributed by atoms with Gasteiger partial charge in [-0.05, 0) is 24.0 Å². The molecule has 1 unspecified atom stereocenters. The van der Waals surface area contributed by atoms with Crippen molar-refractivity contribution in [3.63, 3.8) is 0 Å². The van der Waals surface area contributed by atoms with Crippen molar-refractivity contribution in [1.82, 2.24) is 10.3 Å². The van der Waals surface area contributed by atoms with E-state index < -0.39 is 0 Å². The van der Waals surface area contributed by atoms with Gasteiger partial charge in [-0.15, -0.1) is 0 Å². The zero-order chi connectivity index (χ0) is 10.4. The van der Waals surface area contributed by atoms with E-state index in [-0.39, 0.29) is 6.61 Å². The van der Waals surface area contributed by atoms with Crippen molar-refractivity contribution < 1.29 is 5.11 Å². The normalized spacial score (nSPS) is 13.4. The Morgan fingerprint density at radius 3 is 2.79 bits per heavy atom. The number of H-pyrrole nitrogens is 1. The van der Waals surface area contributed by atoms with Crippen molar-refractivity contribution >= 4 is 0 Å². The molecule has 3 N–H and O–H groups in total. The second-order valence-corrected chi connectivity index (χ2v) is 4.01. The Balaban J connectivity index is 2.20. The molecule has 0 saturated carbocycles. The molecule has 0 spiro atoms. The molecule has 14 heavy (non-hydrogen) atoms. The van der Waals surface area contributed by atoms with Crippen LogP contribution in [0.3, 0.4) is 0 Å². The third-order valence-corrected chi connectivity index (χ3v) is 2.56. The summed E-state index contributed by atoms with van der Waals surface area (Å²) in [5, 5.41) is 12.4. The molecule has 1 atom stereocenters. The molecular formula is C11H20N2O. The molecule has 0 aliphatic heterocycles. The highest BCUT2D eigenvalue weighted by atomic mass is 16.3. The summed E-state index contributed by atoms with van der Waals surface area (Å²) in [7, 11) is 0. The lowest BCUT2D eigenvalue weighted by molar-refractivity contribution is 0.186. The van der Waals surface area contributed by atoms with E-state index in [0.717, 1.165) is 13.1 Å². The van der Waals surface area contributed by atoms with Crippen LogP contribution in [0, 0.1) is 11.8 Å². The monoisotopic (exact) mass is 196 g/mol. The number of aliphatic hydroxyl groups excluding tert-OH is 1. The standard InChI is InChI=1S/C11H20N2O/c1-9(2)10(8-14)6-12-7-11-4-3-5-13-11/h3-5,9-10,12-14H,6-8H2,1-2H3. The summed E-state index contributed by atoms with van der Waals surface area (Å²) in [5.41, 5.74) is 1.19. The summed E-state index contributed by atoms with van der Waals surface area (Å²) < 4.78 is 0. The van der Waals surface area contributed by atoms with E-state index in [9.17, 15) is 0 Å². The quantitative estimate of drug-likeness (QED) is 0.643. The maximum atomic E-state index is 9.11. The van der Waals surface area contributed by atoms with E-state index in [2.05, 4.69) is 30.2 Å². The third-order valence-electron chi connectivity index (χ3n) is 2.56. The maximum Gasteiger partial charge on any atom is 0.0473 e. The summed E-state index contributed by atoms with van der Waals surface area (Å²) in [5.74, 6) is 0.876. The van der Waals surface area contributed by atoms with E-state index in [4.69, 9.17) is 5.11 Å². The van der Waals surface area contributed by atoms with Crippen LogP contribution >= 0.6 is 0 Å². The lowest BCUT2D eigenvalue weighted by Gasteiger charge is -2.18. The van der Waals surface area contributed by atoms with Crippen LogP contribution in [0.15, 0.2) is 18.3 Å². The Labute approximate surface area is 85.5 Å². The predicted octanol–water partition coefficient (Wildman–Crippen LogP) is 1.37. The number of aromatic nitrogens is 1. The van der Waals surface area contributed by atoms with Crippen LogP contribution in [0.4, 0.5) is 0 Å². The van der Waals surface area contributed by atoms with Gasteiger partial charge >= 0.3 is 0 Å². The van der Waals surface area contributed by atoms with Gasteiger partial charge in [0.15, 0.2) is 0 Å². The molecule has 3 heteroatoms. The first-order chi connectivity index (χ1) is 6.74. The number of aliphatic hydroxyl groups is 1. The highest BCUT2D eigenvalue weighted by Crippen LogP contribution is 2.08. The van der Waals surface area contributed by atoms with E-state index in [1.165, 1.54) is 5.69 Å². The van der Waals surface area contributed by atoms with Crippen LogP contribution in [-0.4, -0.2) is 23.2 Å². The number of nitrogens with one attached hydrogen (secondary N) is 2. The van der Waals surface area contributed by atoms with Crippen molar-refractivity contribution in [2.24, 2.45) is 11.8 Å². The SMILES string of the molecule is CC(C)C(CO)CNCc1ccc[nH]1. The lowest BCUT2D eigenvalue weighted by atomic mass is 9.97. The zero-order valence-corrected chi connectivity index (χ0v) is 8.96. The Bertz CT molecular complexity index is 231. The third kappa shape index (κ3) is 3.52. The Morgan fingerprint density at radius 1 is 1.50 bits per heavy atom. The molecule has 0 aliphatic carbocycles. The average molecular weight is 196 g/mol. The smallest absolute Gasteiger partial charge is 0.0473 e. The molecule has 1 heterocycles. The fraction of sp³-hybridized carbons (Fsp3) is 0.636. The first-order valence-electron chi connectivity index (χ1n) is 5.18. The molecule has 3 nitrogen and oxygen atoms in total. The first-order valence-corrected chi connectivity index (χ1v) is 5.18. The Hall–Kier alpha value is -0.800. The van der Waals surface area contributed by atoms with Gasteiger partial charge in [-0.1, -0.05) is 13.8 Å². The van der Waals surface area contributed by atoms with E-state index in [1.54, 1.807) is 0 Å². The minimum absolute atomic E-state index is 0.259. The molecule has 1 rings (SSSR count). The van der Waals surface area contributed by atoms with Crippen LogP contribution in [0.25, 0.3) is 0 Å². The van der Waals surface area contributed by atoms with Gasteiger partial charge in [0.25, 0.3) is 0 Å². The molecule has 1 aromatic rings. The van der Waals surface area contributed by atoms with E-state index in [1.807, 2.05) is 12.3 Å². The number of rotatable bonds is 6. The molecule has 0 amide bonds. The first kappa shape index (κ1) is 11.3. The summed E-state index contributed by atoms with van der Waals surface area (Å²) in [4.78, 5) is 3.13. The molecule has 0 saturated heterocycles. The molecule has 1 aromatic heterocycles. The molecule has 80 valence electrons. The zero-order valence-electron chi connectivity index (χ0n) is 8.96. The fourth-order valence-corrected chi connectivity index (χ4v) is 1.38. The molecule has 0 radical (unpaired) electrons. The highest BCUT2D eigenvalue weighted by Gasteiger charge is 2.10. The summed E-state index contributed by atoms with van der Waals surface area (Å²) in [6.45, 7) is 6.24. The van der Waals surface area contributed by atoms with Crippen LogP contribution < -0.4 is 5.32 Å². The molecule has 0 aromatic carbocycles. The largest absolute Gasteiger partial charge is 0.396 e. The summed E-state index contributed by atoms with van der Waals surface area (Å²) in [6.07, 6.45) is 1.92. The fourth-order valence-electron chi connectivity index (χ4n) is 1.38. The van der Waals surface area contributed by atoms with Crippen molar-refractivity contribution in [3.8, 4) is 0 Å². The van der Waals surface area contributed by atoms with Gasteiger partial charge in [0.2, 0.25) is 0 Å². The van der Waals surface area contributed by atoms with Gasteiger partial charge in [0.05, 0.1) is 0 Å². The van der Waals surface area contributed by atoms with E-state index in [0.29, 0.717) is 11.8 Å². The van der Waals surface area contributed by atoms with Crippen molar-refractivity contribution in [2.75, 3.05) is 13.2 Å². The number of hydrogen-bond acceptors (Lipinski definition) is 2. The van der Waals surface area contributed by atoms with Gasteiger partial charge in [-0.3, -0.25) is 0 Å². The van der Waals surface area contributed by atoms with Crippen molar-refractivity contribution in [3.05, 3.63) is 24.0 Å². The van der Waals surface area contributed by atoms with Gasteiger partial charge in [0.1, 0.15) is 0 Å². The van der Waals surface area contributed by atoms with Gasteiger partial charge < -0.3 is 15.4 Å². The average Bonchev–Trinajstić information content (AvgIpc) is 2.64. The van der Waals surface area contributed by atoms with Crippen LogP contribution in [0.1, 0.15) is 19.5 Å². The minimum Gasteiger partial charge on any atom is -0.396 e. The van der Waals surface area contributed by atoms with Crippen LogP contribution in [0.5, 0.6) is 0 Å². The Kier molecular flexibility index (Phi) is 4.70. The minimum atomic E-state index is 0.259. The van der Waals surface area contributed by atoms with Crippen LogP contribution in [-0.2, 0) is 6.54 Å². The second-order valence-electron chi connectivity index (χ2n) is 4.01. The topological polar surface area (TPSA) is 48.0 Å². The molecule has 0 bridgehead atoms. The van der Waals surface area contributed by atoms with Gasteiger partial charge in [-0.2, -0.15) is 0 Å². The number of aromatic amines is 1. The van der Waals surface area contributed by atoms with Gasteiger partial charge in [-0.25, -0.2) is 0 Å². The molecule has 0 fully saturated rings. The predicted molar refractivity (Wildman–Crippen MR) is 57.9 cm³/mol. The second kappa shape index (κ2) is 5.83. The van der Waals surface area contributed by atoms with Crippen molar-refractivity contribution in [2.45, 2.75) is 20.4 Å². The molecule has 0 aliphatic rings. The van der Waals surface area contributed by atoms with Crippen LogP contribution in [0.2, 0.25) is 0 Å². The lowest BCUT2D eigenvalue weighted by Crippen LogP contribution is -2.28. The van der Waals surface area contributed by atoms with Gasteiger partial charge in [0, 0.05) is 31.6 Å².